The van der Waals surface area contributed by atoms with E-state index in [-0.39, 0.29) is 5.91 Å². The van der Waals surface area contributed by atoms with Crippen LogP contribution in [0.2, 0.25) is 0 Å². The smallest absolute Gasteiger partial charge is 0.329 e. The van der Waals surface area contributed by atoms with Crippen LogP contribution in [0.1, 0.15) is 27.7 Å². The predicted molar refractivity (Wildman–Crippen MR) is 63.6 cm³/mol. The van der Waals surface area contributed by atoms with Gasteiger partial charge in [-0.05, 0) is 13.8 Å². The number of carboxylic acids is 1. The van der Waals surface area contributed by atoms with Gasteiger partial charge in [0.1, 0.15) is 6.10 Å². The number of carboxylic acid groups (broad SMARTS) is 1. The summed E-state index contributed by atoms with van der Waals surface area (Å²) in [5.74, 6) is -2.33. The first-order valence-electron chi connectivity index (χ1n) is 5.66. The molecule has 1 fully saturated rings. The molecule has 0 aromatic heterocycles. The molecule has 1 unspecified atom stereocenters. The molecule has 1 heterocycles. The van der Waals surface area contributed by atoms with Crippen LogP contribution in [0.5, 0.6) is 0 Å². The molecular formula is C12H19NO5. The fourth-order valence-electron chi connectivity index (χ4n) is 1.59. The van der Waals surface area contributed by atoms with Gasteiger partial charge in [0.2, 0.25) is 0 Å². The average Bonchev–Trinajstić information content (AvgIpc) is 2.21. The maximum absolute atomic E-state index is 11.9. The van der Waals surface area contributed by atoms with Gasteiger partial charge in [-0.15, -0.1) is 0 Å². The van der Waals surface area contributed by atoms with Crippen molar-refractivity contribution in [2.24, 2.45) is 5.41 Å². The van der Waals surface area contributed by atoms with E-state index in [1.165, 1.54) is 0 Å². The molecule has 2 N–H and O–H groups in total. The summed E-state index contributed by atoms with van der Waals surface area (Å²) in [4.78, 5) is 22.2. The van der Waals surface area contributed by atoms with Gasteiger partial charge in [-0.25, -0.2) is 4.79 Å². The Balaban J connectivity index is 2.72. The zero-order chi connectivity index (χ0) is 14.0. The van der Waals surface area contributed by atoms with Gasteiger partial charge in [0.05, 0.1) is 6.61 Å². The summed E-state index contributed by atoms with van der Waals surface area (Å²) >= 11 is 0. The quantitative estimate of drug-likeness (QED) is 0.733. The van der Waals surface area contributed by atoms with E-state index in [4.69, 9.17) is 14.6 Å². The number of amides is 1. The molecule has 1 aliphatic heterocycles. The molecule has 6 heteroatoms. The lowest BCUT2D eigenvalue weighted by atomic mass is 9.85. The Morgan fingerprint density at radius 3 is 2.50 bits per heavy atom. The van der Waals surface area contributed by atoms with Crippen LogP contribution in [0.25, 0.3) is 0 Å². The standard InChI is InChI=1S/C12H19NO5/c1-11(2)7-17-12(3,4)18-9(11)10(16)13-6-5-8(14)15/h5-6,9H,7H2,1-4H3,(H,13,16)(H,14,15)/b6-5-. The van der Waals surface area contributed by atoms with Crippen LogP contribution in [0.3, 0.4) is 0 Å². The SMILES string of the molecule is CC1(C)OCC(C)(C)C(C(=O)N/C=C\C(=O)O)O1. The van der Waals surface area contributed by atoms with Crippen LogP contribution in [-0.4, -0.2) is 35.5 Å². The summed E-state index contributed by atoms with van der Waals surface area (Å²) in [7, 11) is 0. The second-order valence-electron chi connectivity index (χ2n) is 5.36. The number of ether oxygens (including phenoxy) is 2. The van der Waals surface area contributed by atoms with Crippen molar-refractivity contribution in [3.63, 3.8) is 0 Å². The first-order valence-corrected chi connectivity index (χ1v) is 5.66. The third-order valence-corrected chi connectivity index (χ3v) is 2.59. The van der Waals surface area contributed by atoms with E-state index in [2.05, 4.69) is 5.32 Å². The molecule has 0 spiro atoms. The average molecular weight is 257 g/mol. The van der Waals surface area contributed by atoms with Crippen LogP contribution in [-0.2, 0) is 19.1 Å². The molecule has 0 bridgehead atoms. The zero-order valence-corrected chi connectivity index (χ0v) is 11.0. The topological polar surface area (TPSA) is 84.9 Å². The number of aliphatic carboxylic acids is 1. The van der Waals surface area contributed by atoms with E-state index < -0.39 is 23.3 Å². The van der Waals surface area contributed by atoms with Gasteiger partial charge in [-0.2, -0.15) is 0 Å². The number of nitrogens with one attached hydrogen (secondary N) is 1. The Morgan fingerprint density at radius 1 is 1.33 bits per heavy atom. The van der Waals surface area contributed by atoms with Crippen molar-refractivity contribution < 1.29 is 24.2 Å². The highest BCUT2D eigenvalue weighted by Crippen LogP contribution is 2.34. The van der Waals surface area contributed by atoms with E-state index in [1.54, 1.807) is 13.8 Å². The molecule has 1 rings (SSSR count). The van der Waals surface area contributed by atoms with Crippen molar-refractivity contribution in [1.29, 1.82) is 0 Å². The monoisotopic (exact) mass is 257 g/mol. The lowest BCUT2D eigenvalue weighted by Gasteiger charge is -2.44. The fraction of sp³-hybridized carbons (Fsp3) is 0.667. The Hall–Kier alpha value is -1.40. The summed E-state index contributed by atoms with van der Waals surface area (Å²) in [5, 5.41) is 10.8. The van der Waals surface area contributed by atoms with Gasteiger partial charge in [0.15, 0.2) is 5.79 Å². The molecule has 1 atom stereocenters. The molecule has 6 nitrogen and oxygen atoms in total. The van der Waals surface area contributed by atoms with Crippen molar-refractivity contribution in [1.82, 2.24) is 5.32 Å². The van der Waals surface area contributed by atoms with Gasteiger partial charge in [0.25, 0.3) is 5.91 Å². The normalized spacial score (nSPS) is 25.9. The second kappa shape index (κ2) is 5.07. The van der Waals surface area contributed by atoms with Gasteiger partial charge >= 0.3 is 5.97 Å². The highest BCUT2D eigenvalue weighted by atomic mass is 16.7. The fourth-order valence-corrected chi connectivity index (χ4v) is 1.59. The Kier molecular flexibility index (Phi) is 4.13. The number of carbonyl (C=O) groups is 2. The number of rotatable bonds is 3. The minimum Gasteiger partial charge on any atom is -0.478 e. The van der Waals surface area contributed by atoms with Crippen LogP contribution in [0.15, 0.2) is 12.3 Å². The Morgan fingerprint density at radius 2 is 1.94 bits per heavy atom. The maximum Gasteiger partial charge on any atom is 0.329 e. The Labute approximate surface area is 106 Å². The summed E-state index contributed by atoms with van der Waals surface area (Å²) < 4.78 is 11.1. The molecular weight excluding hydrogens is 238 g/mol. The lowest BCUT2D eigenvalue weighted by molar-refractivity contribution is -0.303. The Bertz CT molecular complexity index is 373. The molecule has 1 amide bonds. The minimum atomic E-state index is -1.12. The molecule has 0 saturated carbocycles. The van der Waals surface area contributed by atoms with E-state index in [9.17, 15) is 9.59 Å². The molecule has 0 aliphatic carbocycles. The van der Waals surface area contributed by atoms with Gasteiger partial charge < -0.3 is 19.9 Å². The molecule has 1 saturated heterocycles. The van der Waals surface area contributed by atoms with Crippen molar-refractivity contribution in [3.05, 3.63) is 12.3 Å². The predicted octanol–water partition coefficient (Wildman–Crippen LogP) is 0.879. The molecule has 0 aromatic carbocycles. The van der Waals surface area contributed by atoms with E-state index in [0.29, 0.717) is 6.61 Å². The van der Waals surface area contributed by atoms with Gasteiger partial charge in [-0.3, -0.25) is 4.79 Å². The third-order valence-electron chi connectivity index (χ3n) is 2.59. The highest BCUT2D eigenvalue weighted by molar-refractivity contribution is 5.85. The second-order valence-corrected chi connectivity index (χ2v) is 5.36. The summed E-state index contributed by atoms with van der Waals surface area (Å²) in [5.41, 5.74) is -0.476. The molecule has 18 heavy (non-hydrogen) atoms. The summed E-state index contributed by atoms with van der Waals surface area (Å²) in [6, 6.07) is 0. The zero-order valence-electron chi connectivity index (χ0n) is 11.0. The lowest BCUT2D eigenvalue weighted by Crippen LogP contribution is -2.55. The van der Waals surface area contributed by atoms with Crippen LogP contribution >= 0.6 is 0 Å². The summed E-state index contributed by atoms with van der Waals surface area (Å²) in [6.07, 6.45) is 1.25. The maximum atomic E-state index is 11.9. The number of hydrogen-bond acceptors (Lipinski definition) is 4. The van der Waals surface area contributed by atoms with Gasteiger partial charge in [-0.1, -0.05) is 13.8 Å². The highest BCUT2D eigenvalue weighted by Gasteiger charge is 2.45. The first-order chi connectivity index (χ1) is 8.14. The van der Waals surface area contributed by atoms with E-state index >= 15 is 0 Å². The van der Waals surface area contributed by atoms with Gasteiger partial charge in [0, 0.05) is 17.7 Å². The largest absolute Gasteiger partial charge is 0.478 e. The molecule has 102 valence electrons. The van der Waals surface area contributed by atoms with Crippen molar-refractivity contribution in [2.45, 2.75) is 39.6 Å². The number of hydrogen-bond donors (Lipinski definition) is 2. The molecule has 0 radical (unpaired) electrons. The van der Waals surface area contributed by atoms with E-state index in [0.717, 1.165) is 12.3 Å². The van der Waals surface area contributed by atoms with Crippen LogP contribution in [0, 0.1) is 5.41 Å². The number of carbonyl (C=O) groups excluding carboxylic acids is 1. The molecule has 0 aromatic rings. The van der Waals surface area contributed by atoms with Crippen molar-refractivity contribution in [2.75, 3.05) is 6.61 Å². The summed E-state index contributed by atoms with van der Waals surface area (Å²) in [6.45, 7) is 7.56. The minimum absolute atomic E-state index is 0.381. The first kappa shape index (κ1) is 14.7. The molecule has 1 aliphatic rings. The van der Waals surface area contributed by atoms with Crippen molar-refractivity contribution >= 4 is 11.9 Å². The van der Waals surface area contributed by atoms with Crippen LogP contribution in [0.4, 0.5) is 0 Å². The third kappa shape index (κ3) is 3.82. The van der Waals surface area contributed by atoms with Crippen LogP contribution < -0.4 is 5.32 Å². The van der Waals surface area contributed by atoms with E-state index in [1.807, 2.05) is 13.8 Å². The van der Waals surface area contributed by atoms with Crippen molar-refractivity contribution in [3.8, 4) is 0 Å².